The van der Waals surface area contributed by atoms with E-state index < -0.39 is 0 Å². The third-order valence-electron chi connectivity index (χ3n) is 3.42. The first kappa shape index (κ1) is 14.3. The van der Waals surface area contributed by atoms with Crippen molar-refractivity contribution in [2.75, 3.05) is 19.0 Å². The highest BCUT2D eigenvalue weighted by atomic mass is 79.9. The van der Waals surface area contributed by atoms with Gasteiger partial charge in [-0.15, -0.1) is 0 Å². The lowest BCUT2D eigenvalue weighted by Crippen LogP contribution is -2.57. The molecule has 0 bridgehead atoms. The Labute approximate surface area is 121 Å². The average molecular weight is 328 g/mol. The first-order chi connectivity index (χ1) is 9.06. The number of rotatable bonds is 4. The van der Waals surface area contributed by atoms with Gasteiger partial charge in [0.15, 0.2) is 0 Å². The van der Waals surface area contributed by atoms with Crippen molar-refractivity contribution in [2.24, 2.45) is 0 Å². The van der Waals surface area contributed by atoms with Gasteiger partial charge < -0.3 is 15.4 Å². The van der Waals surface area contributed by atoms with Crippen LogP contribution in [0.2, 0.25) is 0 Å². The summed E-state index contributed by atoms with van der Waals surface area (Å²) in [6, 6.07) is 1.56. The Morgan fingerprint density at radius 1 is 1.58 bits per heavy atom. The Morgan fingerprint density at radius 3 is 2.89 bits per heavy atom. The molecule has 1 aromatic heterocycles. The van der Waals surface area contributed by atoms with Gasteiger partial charge in [0.25, 0.3) is 0 Å². The summed E-state index contributed by atoms with van der Waals surface area (Å²) in [5.74, 6) is 0. The van der Waals surface area contributed by atoms with Crippen molar-refractivity contribution in [3.05, 3.63) is 22.4 Å². The minimum Gasteiger partial charge on any atom is -0.382 e. The minimum absolute atomic E-state index is 0.201. The number of anilines is 1. The molecule has 0 aliphatic heterocycles. The van der Waals surface area contributed by atoms with Gasteiger partial charge in [-0.2, -0.15) is 0 Å². The molecule has 0 spiro atoms. The molecule has 1 heterocycles. The minimum atomic E-state index is -0.206. The van der Waals surface area contributed by atoms with Crippen molar-refractivity contribution in [1.29, 1.82) is 0 Å². The lowest BCUT2D eigenvalue weighted by molar-refractivity contribution is 0.0648. The molecule has 104 valence electrons. The van der Waals surface area contributed by atoms with Crippen LogP contribution in [0.15, 0.2) is 16.7 Å². The molecule has 0 unspecified atom stereocenters. The number of carbonyl (C=O) groups excluding carboxylic acids is 1. The van der Waals surface area contributed by atoms with Gasteiger partial charge in [0, 0.05) is 13.3 Å². The van der Waals surface area contributed by atoms with Crippen LogP contribution in [0.4, 0.5) is 10.5 Å². The summed E-state index contributed by atoms with van der Waals surface area (Å²) in [5, 5.41) is 5.85. The molecule has 0 radical (unpaired) electrons. The van der Waals surface area contributed by atoms with Crippen LogP contribution in [0.5, 0.6) is 0 Å². The molecule has 0 saturated heterocycles. The Hall–Kier alpha value is -1.14. The van der Waals surface area contributed by atoms with E-state index in [-0.39, 0.29) is 11.6 Å². The van der Waals surface area contributed by atoms with Crippen LogP contribution >= 0.6 is 15.9 Å². The van der Waals surface area contributed by atoms with Gasteiger partial charge in [-0.25, -0.2) is 4.79 Å². The first-order valence-electron chi connectivity index (χ1n) is 6.25. The number of urea groups is 1. The first-order valence-corrected chi connectivity index (χ1v) is 7.05. The predicted octanol–water partition coefficient (Wildman–Crippen LogP) is 2.84. The van der Waals surface area contributed by atoms with E-state index in [4.69, 9.17) is 4.74 Å². The van der Waals surface area contributed by atoms with Crippen molar-refractivity contribution in [3.63, 3.8) is 0 Å². The topological polar surface area (TPSA) is 63.2 Å². The van der Waals surface area contributed by atoms with Crippen LogP contribution in [-0.4, -0.2) is 30.3 Å². The SMILES string of the molecule is COCC1(NC(=O)Nc2ccnc(C)c2Br)CCC1. The summed E-state index contributed by atoms with van der Waals surface area (Å²) < 4.78 is 5.99. The molecule has 5 nitrogen and oxygen atoms in total. The van der Waals surface area contributed by atoms with E-state index in [0.29, 0.717) is 6.61 Å². The van der Waals surface area contributed by atoms with E-state index in [1.54, 1.807) is 19.4 Å². The Balaban J connectivity index is 1.99. The molecule has 2 N–H and O–H groups in total. The molecule has 6 heteroatoms. The summed E-state index contributed by atoms with van der Waals surface area (Å²) in [6.07, 6.45) is 4.72. The molecule has 1 aliphatic carbocycles. The maximum Gasteiger partial charge on any atom is 0.319 e. The zero-order valence-electron chi connectivity index (χ0n) is 11.1. The summed E-state index contributed by atoms with van der Waals surface area (Å²) in [5.41, 5.74) is 1.36. The molecule has 1 saturated carbocycles. The van der Waals surface area contributed by atoms with E-state index in [2.05, 4.69) is 31.5 Å². The number of halogens is 1. The highest BCUT2D eigenvalue weighted by Crippen LogP contribution is 2.32. The summed E-state index contributed by atoms with van der Waals surface area (Å²) in [4.78, 5) is 16.2. The van der Waals surface area contributed by atoms with E-state index in [0.717, 1.165) is 35.1 Å². The van der Waals surface area contributed by atoms with Crippen LogP contribution in [0.25, 0.3) is 0 Å². The Kier molecular flexibility index (Phi) is 4.42. The van der Waals surface area contributed by atoms with Gasteiger partial charge in [-0.05, 0) is 48.2 Å². The number of carbonyl (C=O) groups is 1. The number of methoxy groups -OCH3 is 1. The average Bonchev–Trinajstić information content (AvgIpc) is 2.32. The van der Waals surface area contributed by atoms with E-state index in [9.17, 15) is 4.79 Å². The number of hydrogen-bond donors (Lipinski definition) is 2. The number of pyridine rings is 1. The number of aryl methyl sites for hydroxylation is 1. The summed E-state index contributed by atoms with van der Waals surface area (Å²) >= 11 is 3.42. The number of hydrogen-bond acceptors (Lipinski definition) is 3. The maximum atomic E-state index is 12.0. The van der Waals surface area contributed by atoms with Gasteiger partial charge >= 0.3 is 6.03 Å². The second-order valence-electron chi connectivity index (χ2n) is 4.90. The Morgan fingerprint density at radius 2 is 2.32 bits per heavy atom. The molecule has 19 heavy (non-hydrogen) atoms. The van der Waals surface area contributed by atoms with Crippen molar-refractivity contribution in [2.45, 2.75) is 31.7 Å². The van der Waals surface area contributed by atoms with Crippen LogP contribution in [0.3, 0.4) is 0 Å². The monoisotopic (exact) mass is 327 g/mol. The van der Waals surface area contributed by atoms with Crippen molar-refractivity contribution >= 4 is 27.6 Å². The van der Waals surface area contributed by atoms with Crippen LogP contribution in [0.1, 0.15) is 25.0 Å². The molecule has 1 aromatic rings. The van der Waals surface area contributed by atoms with Gasteiger partial charge in [0.1, 0.15) is 0 Å². The lowest BCUT2D eigenvalue weighted by atomic mass is 9.77. The largest absolute Gasteiger partial charge is 0.382 e. The highest BCUT2D eigenvalue weighted by Gasteiger charge is 2.38. The fourth-order valence-corrected chi connectivity index (χ4v) is 2.56. The molecule has 2 rings (SSSR count). The normalized spacial score (nSPS) is 16.6. The van der Waals surface area contributed by atoms with Crippen LogP contribution in [-0.2, 0) is 4.74 Å². The quantitative estimate of drug-likeness (QED) is 0.893. The van der Waals surface area contributed by atoms with Crippen LogP contribution < -0.4 is 10.6 Å². The summed E-state index contributed by atoms with van der Waals surface area (Å²) in [7, 11) is 1.66. The summed E-state index contributed by atoms with van der Waals surface area (Å²) in [6.45, 7) is 2.43. The van der Waals surface area contributed by atoms with Crippen molar-refractivity contribution < 1.29 is 9.53 Å². The van der Waals surface area contributed by atoms with E-state index >= 15 is 0 Å². The third-order valence-corrected chi connectivity index (χ3v) is 4.42. The van der Waals surface area contributed by atoms with Gasteiger partial charge in [-0.3, -0.25) is 4.98 Å². The molecule has 2 amide bonds. The smallest absolute Gasteiger partial charge is 0.319 e. The predicted molar refractivity (Wildman–Crippen MR) is 77.3 cm³/mol. The number of nitrogens with zero attached hydrogens (tertiary/aromatic N) is 1. The maximum absolute atomic E-state index is 12.0. The fourth-order valence-electron chi connectivity index (χ4n) is 2.22. The van der Waals surface area contributed by atoms with Gasteiger partial charge in [-0.1, -0.05) is 0 Å². The molecule has 0 aromatic carbocycles. The van der Waals surface area contributed by atoms with Crippen molar-refractivity contribution in [3.8, 4) is 0 Å². The molecule has 0 atom stereocenters. The second-order valence-corrected chi connectivity index (χ2v) is 5.70. The van der Waals surface area contributed by atoms with Gasteiger partial charge in [0.05, 0.1) is 28.0 Å². The standard InChI is InChI=1S/C13H18BrN3O2/c1-9-11(14)10(4-7-15-9)16-12(18)17-13(8-19-2)5-3-6-13/h4,7H,3,5-6,8H2,1-2H3,(H2,15,16,17,18). The van der Waals surface area contributed by atoms with E-state index in [1.165, 1.54) is 0 Å². The lowest BCUT2D eigenvalue weighted by Gasteiger charge is -2.41. The van der Waals surface area contributed by atoms with Crippen molar-refractivity contribution in [1.82, 2.24) is 10.3 Å². The van der Waals surface area contributed by atoms with Crippen LogP contribution in [0, 0.1) is 6.92 Å². The number of ether oxygens (including phenoxy) is 1. The zero-order valence-corrected chi connectivity index (χ0v) is 12.7. The number of amides is 2. The number of aromatic nitrogens is 1. The second kappa shape index (κ2) is 5.88. The van der Waals surface area contributed by atoms with E-state index in [1.807, 2.05) is 6.92 Å². The third kappa shape index (κ3) is 3.25. The molecular formula is C13H18BrN3O2. The fraction of sp³-hybridized carbons (Fsp3) is 0.538. The zero-order chi connectivity index (χ0) is 13.9. The van der Waals surface area contributed by atoms with Gasteiger partial charge in [0.2, 0.25) is 0 Å². The molecule has 1 aliphatic rings. The Bertz CT molecular complexity index is 475. The number of nitrogens with one attached hydrogen (secondary N) is 2. The molecule has 1 fully saturated rings. The molecular weight excluding hydrogens is 310 g/mol. The highest BCUT2D eigenvalue weighted by molar-refractivity contribution is 9.10.